The Kier molecular flexibility index (Phi) is 4.68. The quantitative estimate of drug-likeness (QED) is 0.909. The van der Waals surface area contributed by atoms with Crippen molar-refractivity contribution >= 4 is 5.88 Å². The van der Waals surface area contributed by atoms with Crippen LogP contribution < -0.4 is 5.32 Å². The average molecular weight is 298 g/mol. The monoisotopic (exact) mass is 298 g/mol. The fraction of sp³-hybridized carbons (Fsp3) is 0.375. The number of rotatable bonds is 5. The third-order valence-corrected chi connectivity index (χ3v) is 3.57. The second-order valence-electron chi connectivity index (χ2n) is 5.06. The fourth-order valence-electron chi connectivity index (χ4n) is 2.37. The zero-order valence-electron chi connectivity index (χ0n) is 12.3. The summed E-state index contributed by atoms with van der Waals surface area (Å²) in [6, 6.07) is 11.6. The van der Waals surface area contributed by atoms with Crippen LogP contribution >= 0.6 is 0 Å². The minimum atomic E-state index is 0.292. The molecule has 0 saturated carbocycles. The molecule has 22 heavy (non-hydrogen) atoms. The molecular formula is C16H18N4O2. The zero-order chi connectivity index (χ0) is 15.2. The number of benzene rings is 1. The maximum Gasteiger partial charge on any atom is 0.232 e. The Morgan fingerprint density at radius 2 is 2.00 bits per heavy atom. The minimum absolute atomic E-state index is 0.292. The molecular weight excluding hydrogens is 280 g/mol. The molecule has 0 atom stereocenters. The lowest BCUT2D eigenvalue weighted by atomic mass is 10.2. The predicted octanol–water partition coefficient (Wildman–Crippen LogP) is 1.96. The zero-order valence-corrected chi connectivity index (χ0v) is 12.3. The van der Waals surface area contributed by atoms with Gasteiger partial charge in [-0.05, 0) is 12.1 Å². The first-order valence-corrected chi connectivity index (χ1v) is 7.37. The van der Waals surface area contributed by atoms with Gasteiger partial charge in [0.2, 0.25) is 17.5 Å². The number of hydrogen-bond donors (Lipinski definition) is 1. The van der Waals surface area contributed by atoms with E-state index in [2.05, 4.69) is 21.3 Å². The Bertz CT molecular complexity index is 642. The van der Waals surface area contributed by atoms with Gasteiger partial charge in [-0.25, -0.2) is 0 Å². The van der Waals surface area contributed by atoms with Crippen molar-refractivity contribution in [2.24, 2.45) is 0 Å². The summed E-state index contributed by atoms with van der Waals surface area (Å²) in [4.78, 5) is 6.56. The van der Waals surface area contributed by atoms with Crippen LogP contribution in [0.4, 0.5) is 5.88 Å². The Hall–Kier alpha value is -2.36. The Balaban J connectivity index is 1.63. The molecule has 2 heterocycles. The molecule has 0 bridgehead atoms. The largest absolute Gasteiger partial charge is 0.419 e. The number of oxazole rings is 1. The molecule has 1 saturated heterocycles. The molecule has 1 aliphatic rings. The lowest BCUT2D eigenvalue weighted by Gasteiger charge is -2.26. The highest BCUT2D eigenvalue weighted by atomic mass is 16.5. The molecule has 6 heteroatoms. The Labute approximate surface area is 129 Å². The lowest BCUT2D eigenvalue weighted by molar-refractivity contribution is 0.0398. The van der Waals surface area contributed by atoms with Crippen molar-refractivity contribution in [1.29, 1.82) is 5.26 Å². The Morgan fingerprint density at radius 3 is 2.73 bits per heavy atom. The summed E-state index contributed by atoms with van der Waals surface area (Å²) in [6.07, 6.45) is 0. The van der Waals surface area contributed by atoms with E-state index in [0.29, 0.717) is 24.0 Å². The molecule has 1 aromatic heterocycles. The van der Waals surface area contributed by atoms with Crippen molar-refractivity contribution in [3.63, 3.8) is 0 Å². The van der Waals surface area contributed by atoms with Gasteiger partial charge in [0.25, 0.3) is 0 Å². The van der Waals surface area contributed by atoms with Gasteiger partial charge in [-0.2, -0.15) is 10.2 Å². The van der Waals surface area contributed by atoms with Crippen molar-refractivity contribution in [2.45, 2.75) is 0 Å². The van der Waals surface area contributed by atoms with Crippen LogP contribution in [0.3, 0.4) is 0 Å². The first-order valence-electron chi connectivity index (χ1n) is 7.37. The van der Waals surface area contributed by atoms with Crippen LogP contribution in [0.25, 0.3) is 11.5 Å². The van der Waals surface area contributed by atoms with Crippen LogP contribution in [-0.4, -0.2) is 49.3 Å². The standard InChI is InChI=1S/C16H18N4O2/c17-12-14-16(18-6-7-20-8-10-21-11-9-20)22-15(19-14)13-4-2-1-3-5-13/h1-5,18H,6-11H2. The third kappa shape index (κ3) is 3.45. The maximum atomic E-state index is 9.19. The second-order valence-corrected chi connectivity index (χ2v) is 5.06. The van der Waals surface area contributed by atoms with Crippen molar-refractivity contribution in [3.05, 3.63) is 36.0 Å². The van der Waals surface area contributed by atoms with Gasteiger partial charge in [0.1, 0.15) is 6.07 Å². The van der Waals surface area contributed by atoms with Crippen LogP contribution in [0.2, 0.25) is 0 Å². The highest BCUT2D eigenvalue weighted by Crippen LogP contribution is 2.24. The molecule has 2 aromatic rings. The van der Waals surface area contributed by atoms with Gasteiger partial charge < -0.3 is 14.5 Å². The van der Waals surface area contributed by atoms with Crippen LogP contribution in [0.15, 0.2) is 34.7 Å². The van der Waals surface area contributed by atoms with Gasteiger partial charge in [-0.1, -0.05) is 18.2 Å². The minimum Gasteiger partial charge on any atom is -0.419 e. The predicted molar refractivity (Wildman–Crippen MR) is 82.4 cm³/mol. The van der Waals surface area contributed by atoms with Gasteiger partial charge in [0.05, 0.1) is 13.2 Å². The summed E-state index contributed by atoms with van der Waals surface area (Å²) in [6.45, 7) is 5.04. The number of nitrogens with zero attached hydrogens (tertiary/aromatic N) is 3. The number of aromatic nitrogens is 1. The van der Waals surface area contributed by atoms with Crippen molar-refractivity contribution in [3.8, 4) is 17.5 Å². The van der Waals surface area contributed by atoms with Gasteiger partial charge in [0.15, 0.2) is 0 Å². The number of hydrogen-bond acceptors (Lipinski definition) is 6. The highest BCUT2D eigenvalue weighted by Gasteiger charge is 2.15. The number of nitriles is 1. The van der Waals surface area contributed by atoms with E-state index in [4.69, 9.17) is 9.15 Å². The molecule has 1 fully saturated rings. The number of nitrogens with one attached hydrogen (secondary N) is 1. The molecule has 0 spiro atoms. The number of morpholine rings is 1. The van der Waals surface area contributed by atoms with Crippen LogP contribution in [0.5, 0.6) is 0 Å². The van der Waals surface area contributed by atoms with Crippen molar-refractivity contribution in [1.82, 2.24) is 9.88 Å². The third-order valence-electron chi connectivity index (χ3n) is 3.57. The van der Waals surface area contributed by atoms with E-state index in [1.54, 1.807) is 0 Å². The molecule has 1 aromatic carbocycles. The topological polar surface area (TPSA) is 74.3 Å². The van der Waals surface area contributed by atoms with Gasteiger partial charge in [0, 0.05) is 31.7 Å². The molecule has 1 N–H and O–H groups in total. The molecule has 0 radical (unpaired) electrons. The first-order chi connectivity index (χ1) is 10.9. The van der Waals surface area contributed by atoms with E-state index in [1.165, 1.54) is 0 Å². The van der Waals surface area contributed by atoms with E-state index in [-0.39, 0.29) is 0 Å². The first kappa shape index (κ1) is 14.6. The SMILES string of the molecule is N#Cc1nc(-c2ccccc2)oc1NCCN1CCOCC1. The van der Waals surface area contributed by atoms with Crippen LogP contribution in [0.1, 0.15) is 5.69 Å². The molecule has 3 rings (SSSR count). The smallest absolute Gasteiger partial charge is 0.232 e. The van der Waals surface area contributed by atoms with Gasteiger partial charge >= 0.3 is 0 Å². The summed E-state index contributed by atoms with van der Waals surface area (Å²) in [5, 5.41) is 12.4. The fourth-order valence-corrected chi connectivity index (χ4v) is 2.37. The van der Waals surface area contributed by atoms with Crippen LogP contribution in [0, 0.1) is 11.3 Å². The molecule has 0 aliphatic carbocycles. The van der Waals surface area contributed by atoms with Crippen LogP contribution in [-0.2, 0) is 4.74 Å². The average Bonchev–Trinajstić information content (AvgIpc) is 3.00. The molecule has 1 aliphatic heterocycles. The normalized spacial score (nSPS) is 15.4. The van der Waals surface area contributed by atoms with E-state index in [1.807, 2.05) is 30.3 Å². The van der Waals surface area contributed by atoms with Gasteiger partial charge in [-0.15, -0.1) is 0 Å². The molecule has 0 amide bonds. The lowest BCUT2D eigenvalue weighted by Crippen LogP contribution is -2.39. The molecule has 114 valence electrons. The maximum absolute atomic E-state index is 9.19. The summed E-state index contributed by atoms with van der Waals surface area (Å²) in [5.74, 6) is 0.903. The van der Waals surface area contributed by atoms with E-state index < -0.39 is 0 Å². The van der Waals surface area contributed by atoms with Crippen molar-refractivity contribution in [2.75, 3.05) is 44.7 Å². The summed E-state index contributed by atoms with van der Waals surface area (Å²) in [5.41, 5.74) is 1.15. The molecule has 0 unspecified atom stereocenters. The number of ether oxygens (including phenoxy) is 1. The van der Waals surface area contributed by atoms with Gasteiger partial charge in [-0.3, -0.25) is 4.90 Å². The van der Waals surface area contributed by atoms with E-state index in [9.17, 15) is 5.26 Å². The van der Waals surface area contributed by atoms with E-state index >= 15 is 0 Å². The summed E-state index contributed by atoms with van der Waals surface area (Å²) in [7, 11) is 0. The highest BCUT2D eigenvalue weighted by molar-refractivity contribution is 5.58. The van der Waals surface area contributed by atoms with E-state index in [0.717, 1.165) is 38.4 Å². The summed E-state index contributed by atoms with van der Waals surface area (Å²) >= 11 is 0. The second kappa shape index (κ2) is 7.07. The van der Waals surface area contributed by atoms with Crippen molar-refractivity contribution < 1.29 is 9.15 Å². The summed E-state index contributed by atoms with van der Waals surface area (Å²) < 4.78 is 11.0. The number of anilines is 1. The molecule has 6 nitrogen and oxygen atoms in total. The Morgan fingerprint density at radius 1 is 1.23 bits per heavy atom.